The molecule has 2 aromatic carbocycles. The smallest absolute Gasteiger partial charge is 0.228 e. The molecule has 0 aliphatic carbocycles. The predicted molar refractivity (Wildman–Crippen MR) is 123 cm³/mol. The van der Waals surface area contributed by atoms with Crippen molar-refractivity contribution in [2.24, 2.45) is 0 Å². The van der Waals surface area contributed by atoms with Gasteiger partial charge in [0, 0.05) is 37.8 Å². The van der Waals surface area contributed by atoms with Gasteiger partial charge in [0.25, 0.3) is 0 Å². The second-order valence-electron chi connectivity index (χ2n) is 7.98. The van der Waals surface area contributed by atoms with Crippen LogP contribution in [-0.2, 0) is 0 Å². The summed E-state index contributed by atoms with van der Waals surface area (Å²) < 4.78 is 35.5. The minimum atomic E-state index is -0.503. The van der Waals surface area contributed by atoms with Crippen LogP contribution in [0.2, 0.25) is 0 Å². The second kappa shape index (κ2) is 8.28. The largest absolute Gasteiger partial charge is 0.497 e. The predicted octanol–water partition coefficient (Wildman–Crippen LogP) is 3.10. The number of anilines is 2. The number of hydrogen-bond donors (Lipinski definition) is 1. The second-order valence-corrected chi connectivity index (χ2v) is 7.98. The minimum absolute atomic E-state index is 0.200. The lowest BCUT2D eigenvalue weighted by Gasteiger charge is -2.32. The van der Waals surface area contributed by atoms with Crippen molar-refractivity contribution in [1.29, 1.82) is 0 Å². The third-order valence-corrected chi connectivity index (χ3v) is 5.83. The molecule has 3 heterocycles. The molecular weight excluding hydrogens is 428 g/mol. The van der Waals surface area contributed by atoms with Crippen LogP contribution >= 0.6 is 0 Å². The molecule has 5 rings (SSSR count). The number of likely N-dealkylation sites (N-methyl/N-ethyl adjacent to an activating group) is 1. The number of piperazine rings is 1. The molecule has 4 aromatic rings. The molecule has 1 fully saturated rings. The summed E-state index contributed by atoms with van der Waals surface area (Å²) in [5.74, 6) is 0.119. The minimum Gasteiger partial charge on any atom is -0.497 e. The molecule has 1 saturated heterocycles. The topological polar surface area (TPSA) is 85.3 Å². The van der Waals surface area contributed by atoms with Gasteiger partial charge in [-0.05, 0) is 37.4 Å². The van der Waals surface area contributed by atoms with Crippen LogP contribution in [0.25, 0.3) is 28.0 Å². The maximum Gasteiger partial charge on any atom is 0.228 e. The summed E-state index contributed by atoms with van der Waals surface area (Å²) in [4.78, 5) is 13.6. The molecule has 0 amide bonds. The highest BCUT2D eigenvalue weighted by molar-refractivity contribution is 5.99. The third-order valence-electron chi connectivity index (χ3n) is 5.83. The highest BCUT2D eigenvalue weighted by Crippen LogP contribution is 2.35. The highest BCUT2D eigenvalue weighted by Gasteiger charge is 2.24. The molecule has 8 nitrogen and oxygen atoms in total. The number of ether oxygens (including phenoxy) is 1. The molecule has 0 spiro atoms. The average Bonchev–Trinajstić information content (AvgIpc) is 3.15. The molecule has 0 radical (unpaired) electrons. The van der Waals surface area contributed by atoms with Gasteiger partial charge in [-0.1, -0.05) is 6.07 Å². The highest BCUT2D eigenvalue weighted by atomic mass is 19.1. The van der Waals surface area contributed by atoms with Crippen molar-refractivity contribution in [2.45, 2.75) is 0 Å². The number of hydrogen-bond acceptors (Lipinski definition) is 7. The summed E-state index contributed by atoms with van der Waals surface area (Å²) in [6, 6.07) is 10.5. The zero-order valence-electron chi connectivity index (χ0n) is 18.3. The molecule has 170 valence electrons. The van der Waals surface area contributed by atoms with Gasteiger partial charge in [-0.2, -0.15) is 4.98 Å². The average molecular weight is 451 g/mol. The van der Waals surface area contributed by atoms with Gasteiger partial charge in [-0.25, -0.2) is 18.4 Å². The van der Waals surface area contributed by atoms with Gasteiger partial charge in [0.05, 0.1) is 23.9 Å². The van der Waals surface area contributed by atoms with E-state index < -0.39 is 11.6 Å². The summed E-state index contributed by atoms with van der Waals surface area (Å²) in [6.07, 6.45) is 0. The first-order chi connectivity index (χ1) is 15.9. The van der Waals surface area contributed by atoms with Crippen LogP contribution in [0.5, 0.6) is 5.75 Å². The van der Waals surface area contributed by atoms with Crippen LogP contribution in [-0.4, -0.2) is 65.0 Å². The normalized spacial score (nSPS) is 14.7. The van der Waals surface area contributed by atoms with Crippen LogP contribution in [0.4, 0.5) is 20.5 Å². The van der Waals surface area contributed by atoms with E-state index in [1.807, 2.05) is 4.90 Å². The van der Waals surface area contributed by atoms with Gasteiger partial charge in [0.15, 0.2) is 5.65 Å². The first-order valence-corrected chi connectivity index (χ1v) is 10.5. The summed E-state index contributed by atoms with van der Waals surface area (Å²) in [5.41, 5.74) is 7.77. The lowest BCUT2D eigenvalue weighted by molar-refractivity contribution is 0.311. The van der Waals surface area contributed by atoms with Crippen molar-refractivity contribution < 1.29 is 13.5 Å². The number of benzene rings is 2. The van der Waals surface area contributed by atoms with Crippen LogP contribution < -0.4 is 15.4 Å². The number of fused-ring (bicyclic) bond motifs is 1. The first-order valence-electron chi connectivity index (χ1n) is 10.5. The molecule has 0 unspecified atom stereocenters. The molecule has 0 atom stereocenters. The molecular formula is C23H23F2N7O. The first kappa shape index (κ1) is 21.1. The SMILES string of the molecule is COc1ccc(-c2nc(N3CCN(C)CC3)nc3nn(-c4cccc(F)c4)c(N)c23)c(F)c1. The molecule has 1 aliphatic rings. The van der Waals surface area contributed by atoms with E-state index in [1.165, 1.54) is 30.0 Å². The van der Waals surface area contributed by atoms with Crippen molar-refractivity contribution in [3.63, 3.8) is 0 Å². The Kier molecular flexibility index (Phi) is 5.29. The Morgan fingerprint density at radius 1 is 1.00 bits per heavy atom. The van der Waals surface area contributed by atoms with Gasteiger partial charge in [-0.15, -0.1) is 5.10 Å². The van der Waals surface area contributed by atoms with Crippen molar-refractivity contribution in [1.82, 2.24) is 24.6 Å². The van der Waals surface area contributed by atoms with E-state index in [0.29, 0.717) is 34.1 Å². The van der Waals surface area contributed by atoms with Crippen LogP contribution in [0.3, 0.4) is 0 Å². The van der Waals surface area contributed by atoms with Crippen molar-refractivity contribution >= 4 is 22.8 Å². The lowest BCUT2D eigenvalue weighted by Crippen LogP contribution is -2.45. The quantitative estimate of drug-likeness (QED) is 0.510. The maximum absolute atomic E-state index is 15.1. The van der Waals surface area contributed by atoms with Crippen molar-refractivity contribution in [3.8, 4) is 22.7 Å². The Morgan fingerprint density at radius 2 is 1.79 bits per heavy atom. The number of nitrogen functional groups attached to an aromatic ring is 1. The molecule has 1 aliphatic heterocycles. The van der Waals surface area contributed by atoms with Gasteiger partial charge >= 0.3 is 0 Å². The lowest BCUT2D eigenvalue weighted by atomic mass is 10.1. The molecule has 10 heteroatoms. The van der Waals surface area contributed by atoms with E-state index in [9.17, 15) is 4.39 Å². The van der Waals surface area contributed by atoms with Crippen LogP contribution in [0.1, 0.15) is 0 Å². The van der Waals surface area contributed by atoms with Crippen molar-refractivity contribution in [3.05, 3.63) is 54.1 Å². The molecule has 2 N–H and O–H groups in total. The Morgan fingerprint density at radius 3 is 2.48 bits per heavy atom. The Bertz CT molecular complexity index is 1330. The maximum atomic E-state index is 15.1. The van der Waals surface area contributed by atoms with E-state index in [-0.39, 0.29) is 11.4 Å². The number of nitrogens with zero attached hydrogens (tertiary/aromatic N) is 6. The Hall–Kier alpha value is -3.79. The number of methoxy groups -OCH3 is 1. The number of nitrogens with two attached hydrogens (primary N) is 1. The van der Waals surface area contributed by atoms with Crippen LogP contribution in [0.15, 0.2) is 42.5 Å². The van der Waals surface area contributed by atoms with Crippen molar-refractivity contribution in [2.75, 3.05) is 51.0 Å². The fourth-order valence-corrected chi connectivity index (χ4v) is 3.96. The van der Waals surface area contributed by atoms with E-state index in [2.05, 4.69) is 22.0 Å². The molecule has 0 bridgehead atoms. The summed E-state index contributed by atoms with van der Waals surface area (Å²) >= 11 is 0. The summed E-state index contributed by atoms with van der Waals surface area (Å²) in [6.45, 7) is 3.17. The van der Waals surface area contributed by atoms with E-state index >= 15 is 4.39 Å². The number of halogens is 2. The van der Waals surface area contributed by atoms with E-state index in [1.54, 1.807) is 24.3 Å². The fraction of sp³-hybridized carbons (Fsp3) is 0.261. The third kappa shape index (κ3) is 3.82. The Labute approximate surface area is 189 Å². The molecule has 2 aromatic heterocycles. The summed E-state index contributed by atoms with van der Waals surface area (Å²) in [7, 11) is 3.53. The number of aromatic nitrogens is 4. The standard InChI is InChI=1S/C23H23F2N7O/c1-30-8-10-31(11-9-30)23-27-20(17-7-6-16(33-2)13-18(17)25)19-21(26)32(29-22(19)28-23)15-5-3-4-14(24)12-15/h3-7,12-13H,8-11,26H2,1-2H3. The van der Waals surface area contributed by atoms with Gasteiger partial charge < -0.3 is 20.3 Å². The number of rotatable bonds is 4. The van der Waals surface area contributed by atoms with Crippen LogP contribution in [0, 0.1) is 11.6 Å². The van der Waals surface area contributed by atoms with Gasteiger partial charge in [0.1, 0.15) is 23.2 Å². The fourth-order valence-electron chi connectivity index (χ4n) is 3.96. The van der Waals surface area contributed by atoms with E-state index in [4.69, 9.17) is 15.5 Å². The molecule has 33 heavy (non-hydrogen) atoms. The van der Waals surface area contributed by atoms with E-state index in [0.717, 1.165) is 26.2 Å². The monoisotopic (exact) mass is 451 g/mol. The van der Waals surface area contributed by atoms with Gasteiger partial charge in [0.2, 0.25) is 5.95 Å². The Balaban J connectivity index is 1.73. The zero-order chi connectivity index (χ0) is 23.1. The van der Waals surface area contributed by atoms with Gasteiger partial charge in [-0.3, -0.25) is 0 Å². The summed E-state index contributed by atoms with van der Waals surface area (Å²) in [5, 5.41) is 4.94. The zero-order valence-corrected chi connectivity index (χ0v) is 18.3. The molecule has 0 saturated carbocycles.